The molecule has 1 fully saturated rings. The molecule has 2 aromatic rings. The number of carbonyl (C=O) groups excluding carboxylic acids is 2. The lowest BCUT2D eigenvalue weighted by molar-refractivity contribution is -0.142. The van der Waals surface area contributed by atoms with Crippen LogP contribution in [0.5, 0.6) is 5.75 Å². The van der Waals surface area contributed by atoms with Gasteiger partial charge in [-0.05, 0) is 37.5 Å². The maximum atomic E-state index is 12.3. The molecule has 29 heavy (non-hydrogen) atoms. The molecule has 0 amide bonds. The Balaban J connectivity index is 1.52. The van der Waals surface area contributed by atoms with Crippen molar-refractivity contribution in [2.75, 3.05) is 12.0 Å². The molecule has 0 aliphatic heterocycles. The molecule has 1 aliphatic rings. The number of ether oxygens (including phenoxy) is 2. The van der Waals surface area contributed by atoms with Crippen molar-refractivity contribution in [3.05, 3.63) is 40.9 Å². The number of benzene rings is 1. The van der Waals surface area contributed by atoms with Crippen LogP contribution < -0.4 is 10.2 Å². The molecule has 8 heteroatoms. The number of nitrogens with zero attached hydrogens (tertiary/aromatic N) is 2. The lowest BCUT2D eigenvalue weighted by Crippen LogP contribution is -2.22. The van der Waals surface area contributed by atoms with Crippen molar-refractivity contribution in [3.63, 3.8) is 0 Å². The minimum atomic E-state index is -0.299. The van der Waals surface area contributed by atoms with Crippen LogP contribution in [0.3, 0.4) is 0 Å². The summed E-state index contributed by atoms with van der Waals surface area (Å²) in [7, 11) is 0. The van der Waals surface area contributed by atoms with Gasteiger partial charge in [0.15, 0.2) is 0 Å². The Morgan fingerprint density at radius 3 is 2.93 bits per heavy atom. The molecule has 0 radical (unpaired) electrons. The van der Waals surface area contributed by atoms with Gasteiger partial charge < -0.3 is 9.47 Å². The zero-order valence-electron chi connectivity index (χ0n) is 16.4. The van der Waals surface area contributed by atoms with Crippen LogP contribution in [-0.2, 0) is 20.7 Å². The Kier molecular flexibility index (Phi) is 7.75. The molecule has 0 atom stereocenters. The van der Waals surface area contributed by atoms with E-state index in [4.69, 9.17) is 9.47 Å². The monoisotopic (exact) mass is 415 g/mol. The zero-order chi connectivity index (χ0) is 20.5. The molecule has 1 aromatic heterocycles. The number of anilines is 1. The fourth-order valence-electron chi connectivity index (χ4n) is 3.16. The molecule has 154 valence electrons. The average molecular weight is 416 g/mol. The van der Waals surface area contributed by atoms with Crippen LogP contribution in [0.4, 0.5) is 5.13 Å². The molecular weight excluding hydrogens is 390 g/mol. The van der Waals surface area contributed by atoms with Crippen LogP contribution in [0, 0.1) is 5.92 Å². The third-order valence-electron chi connectivity index (χ3n) is 4.57. The molecule has 1 N–H and O–H groups in total. The molecule has 1 aromatic carbocycles. The van der Waals surface area contributed by atoms with Gasteiger partial charge in [-0.1, -0.05) is 31.4 Å². The summed E-state index contributed by atoms with van der Waals surface area (Å²) in [6, 6.07) is 7.25. The van der Waals surface area contributed by atoms with E-state index in [0.29, 0.717) is 23.2 Å². The van der Waals surface area contributed by atoms with Crippen molar-refractivity contribution in [2.24, 2.45) is 11.0 Å². The van der Waals surface area contributed by atoms with Crippen molar-refractivity contribution >= 4 is 34.6 Å². The molecule has 1 aliphatic carbocycles. The maximum Gasteiger partial charge on any atom is 0.314 e. The largest absolute Gasteiger partial charge is 0.466 e. The molecule has 0 unspecified atom stereocenters. The van der Waals surface area contributed by atoms with Crippen molar-refractivity contribution in [3.8, 4) is 5.75 Å². The zero-order valence-corrected chi connectivity index (χ0v) is 17.2. The van der Waals surface area contributed by atoms with Crippen LogP contribution in [0.15, 0.2) is 34.7 Å². The van der Waals surface area contributed by atoms with E-state index in [9.17, 15) is 9.59 Å². The maximum absolute atomic E-state index is 12.3. The number of hydrogen-bond acceptors (Lipinski definition) is 8. The highest BCUT2D eigenvalue weighted by Gasteiger charge is 2.22. The third kappa shape index (κ3) is 6.67. The minimum Gasteiger partial charge on any atom is -0.466 e. The van der Waals surface area contributed by atoms with Crippen molar-refractivity contribution in [1.82, 2.24) is 4.98 Å². The second-order valence-electron chi connectivity index (χ2n) is 6.82. The summed E-state index contributed by atoms with van der Waals surface area (Å²) in [6.07, 6.45) is 6.99. The first-order valence-corrected chi connectivity index (χ1v) is 10.7. The Hall–Kier alpha value is -2.74. The van der Waals surface area contributed by atoms with Gasteiger partial charge in [-0.15, -0.1) is 11.3 Å². The van der Waals surface area contributed by atoms with E-state index in [-0.39, 0.29) is 24.3 Å². The van der Waals surface area contributed by atoms with Crippen LogP contribution >= 0.6 is 11.3 Å². The molecular formula is C21H25N3O4S. The molecule has 1 heterocycles. The Labute approximate surface area is 174 Å². The van der Waals surface area contributed by atoms with Gasteiger partial charge in [0.1, 0.15) is 5.75 Å². The highest BCUT2D eigenvalue weighted by molar-refractivity contribution is 7.13. The van der Waals surface area contributed by atoms with Gasteiger partial charge in [0.2, 0.25) is 5.13 Å². The predicted octanol–water partition coefficient (Wildman–Crippen LogP) is 4.18. The van der Waals surface area contributed by atoms with Crippen molar-refractivity contribution in [1.29, 1.82) is 0 Å². The van der Waals surface area contributed by atoms with E-state index < -0.39 is 0 Å². The highest BCUT2D eigenvalue weighted by atomic mass is 32.1. The summed E-state index contributed by atoms with van der Waals surface area (Å²) in [5.74, 6) is 0.0909. The van der Waals surface area contributed by atoms with Crippen molar-refractivity contribution < 1.29 is 19.1 Å². The number of hydrazone groups is 1. The Morgan fingerprint density at radius 2 is 2.14 bits per heavy atom. The fraction of sp³-hybridized carbons (Fsp3) is 0.429. The lowest BCUT2D eigenvalue weighted by atomic mass is 9.89. The van der Waals surface area contributed by atoms with E-state index in [1.807, 2.05) is 12.1 Å². The average Bonchev–Trinajstić information content (AvgIpc) is 3.16. The van der Waals surface area contributed by atoms with Crippen LogP contribution in [0.25, 0.3) is 0 Å². The van der Waals surface area contributed by atoms with E-state index >= 15 is 0 Å². The van der Waals surface area contributed by atoms with Gasteiger partial charge in [-0.3, -0.25) is 15.0 Å². The molecule has 0 saturated heterocycles. The first kappa shape index (κ1) is 21.0. The first-order chi connectivity index (χ1) is 14.1. The number of thiazole rings is 1. The number of carbonyl (C=O) groups is 2. The molecule has 7 nitrogen and oxygen atoms in total. The van der Waals surface area contributed by atoms with Gasteiger partial charge >= 0.3 is 11.9 Å². The number of esters is 2. The SMILES string of the molecule is CCOC(=O)Cc1csc(NN=Cc2cccc(OC(=O)C3CCCCC3)c2)n1. The second kappa shape index (κ2) is 10.7. The van der Waals surface area contributed by atoms with E-state index in [1.54, 1.807) is 30.7 Å². The van der Waals surface area contributed by atoms with Gasteiger partial charge in [0.25, 0.3) is 0 Å². The summed E-state index contributed by atoms with van der Waals surface area (Å²) < 4.78 is 10.5. The number of aromatic nitrogens is 1. The van der Waals surface area contributed by atoms with E-state index in [0.717, 1.165) is 31.2 Å². The van der Waals surface area contributed by atoms with Crippen LogP contribution in [0.1, 0.15) is 50.3 Å². The molecule has 0 bridgehead atoms. The van der Waals surface area contributed by atoms with Gasteiger partial charge in [-0.25, -0.2) is 4.98 Å². The standard InChI is InChI=1S/C21H25N3O4S/c1-2-27-19(25)12-17-14-29-21(23-17)24-22-13-15-7-6-10-18(11-15)28-20(26)16-8-4-3-5-9-16/h6-7,10-11,13-14,16H,2-5,8-9,12H2,1H3,(H,23,24). The lowest BCUT2D eigenvalue weighted by Gasteiger charge is -2.19. The summed E-state index contributed by atoms with van der Waals surface area (Å²) in [4.78, 5) is 28.1. The minimum absolute atomic E-state index is 0.0106. The van der Waals surface area contributed by atoms with E-state index in [2.05, 4.69) is 15.5 Å². The summed E-state index contributed by atoms with van der Waals surface area (Å²) in [5.41, 5.74) is 4.29. The van der Waals surface area contributed by atoms with Crippen LogP contribution in [-0.4, -0.2) is 29.7 Å². The predicted molar refractivity (Wildman–Crippen MR) is 112 cm³/mol. The number of rotatable bonds is 8. The quantitative estimate of drug-likeness (QED) is 0.301. The topological polar surface area (TPSA) is 89.9 Å². The summed E-state index contributed by atoms with van der Waals surface area (Å²) >= 11 is 1.36. The molecule has 0 spiro atoms. The smallest absolute Gasteiger partial charge is 0.314 e. The van der Waals surface area contributed by atoms with Gasteiger partial charge in [0.05, 0.1) is 30.9 Å². The Morgan fingerprint density at radius 1 is 1.31 bits per heavy atom. The van der Waals surface area contributed by atoms with Crippen molar-refractivity contribution in [2.45, 2.75) is 45.4 Å². The first-order valence-electron chi connectivity index (χ1n) is 9.85. The second-order valence-corrected chi connectivity index (χ2v) is 7.68. The van der Waals surface area contributed by atoms with Gasteiger partial charge in [-0.2, -0.15) is 5.10 Å². The van der Waals surface area contributed by atoms with Gasteiger partial charge in [0, 0.05) is 5.38 Å². The normalized spacial score (nSPS) is 14.7. The molecule has 1 saturated carbocycles. The molecule has 3 rings (SSSR count). The summed E-state index contributed by atoms with van der Waals surface area (Å²) in [6.45, 7) is 2.12. The highest BCUT2D eigenvalue weighted by Crippen LogP contribution is 2.25. The number of hydrogen-bond donors (Lipinski definition) is 1. The van der Waals surface area contributed by atoms with E-state index in [1.165, 1.54) is 17.8 Å². The Bertz CT molecular complexity index is 859. The number of nitrogens with one attached hydrogen (secondary N) is 1. The van der Waals surface area contributed by atoms with Crippen LogP contribution in [0.2, 0.25) is 0 Å². The fourth-order valence-corrected chi connectivity index (χ4v) is 3.82. The summed E-state index contributed by atoms with van der Waals surface area (Å²) in [5, 5.41) is 6.54. The third-order valence-corrected chi connectivity index (χ3v) is 5.37.